The van der Waals surface area contributed by atoms with Gasteiger partial charge in [0.1, 0.15) is 0 Å². The van der Waals surface area contributed by atoms with Crippen LogP contribution in [0.5, 0.6) is 0 Å². The second-order valence-electron chi connectivity index (χ2n) is 4.59. The van der Waals surface area contributed by atoms with Gasteiger partial charge in [-0.15, -0.1) is 0 Å². The van der Waals surface area contributed by atoms with Gasteiger partial charge < -0.3 is 14.2 Å². The number of carbonyl (C=O) groups is 1. The first-order valence-corrected chi connectivity index (χ1v) is 6.47. The van der Waals surface area contributed by atoms with Crippen molar-refractivity contribution in [2.24, 2.45) is 0 Å². The summed E-state index contributed by atoms with van der Waals surface area (Å²) in [4.78, 5) is 16.3. The SMILES string of the molecule is O=C(c1ccco1)N1CCN(c2ccccc2)CC1. The number of carbonyl (C=O) groups excluding carboxylic acids is 1. The molecule has 0 N–H and O–H groups in total. The second-order valence-corrected chi connectivity index (χ2v) is 4.59. The Labute approximate surface area is 112 Å². The van der Waals surface area contributed by atoms with Gasteiger partial charge in [0.2, 0.25) is 0 Å². The van der Waals surface area contributed by atoms with E-state index in [9.17, 15) is 4.79 Å². The largest absolute Gasteiger partial charge is 0.459 e. The molecule has 1 fully saturated rings. The molecule has 0 aliphatic carbocycles. The van der Waals surface area contributed by atoms with Crippen LogP contribution in [0.2, 0.25) is 0 Å². The maximum atomic E-state index is 12.1. The summed E-state index contributed by atoms with van der Waals surface area (Å²) < 4.78 is 5.16. The Kier molecular flexibility index (Phi) is 3.23. The molecule has 0 unspecified atom stereocenters. The first-order chi connectivity index (χ1) is 9.34. The molecule has 19 heavy (non-hydrogen) atoms. The van der Waals surface area contributed by atoms with Gasteiger partial charge in [0.25, 0.3) is 5.91 Å². The van der Waals surface area contributed by atoms with Gasteiger partial charge in [0.15, 0.2) is 5.76 Å². The van der Waals surface area contributed by atoms with E-state index in [1.807, 2.05) is 23.1 Å². The number of rotatable bonds is 2. The van der Waals surface area contributed by atoms with E-state index in [0.29, 0.717) is 5.76 Å². The minimum Gasteiger partial charge on any atom is -0.459 e. The molecule has 1 aromatic carbocycles. The van der Waals surface area contributed by atoms with Crippen LogP contribution in [0.3, 0.4) is 0 Å². The van der Waals surface area contributed by atoms with Crippen molar-refractivity contribution >= 4 is 11.6 Å². The van der Waals surface area contributed by atoms with Crippen LogP contribution in [0.15, 0.2) is 53.1 Å². The van der Waals surface area contributed by atoms with Crippen LogP contribution in [0.1, 0.15) is 10.6 Å². The zero-order valence-corrected chi connectivity index (χ0v) is 10.7. The van der Waals surface area contributed by atoms with Crippen LogP contribution in [-0.2, 0) is 0 Å². The number of nitrogens with zero attached hydrogens (tertiary/aromatic N) is 2. The van der Waals surface area contributed by atoms with Crippen molar-refractivity contribution in [1.29, 1.82) is 0 Å². The zero-order chi connectivity index (χ0) is 13.1. The maximum Gasteiger partial charge on any atom is 0.289 e. The van der Waals surface area contributed by atoms with Crippen molar-refractivity contribution in [3.63, 3.8) is 0 Å². The minimum atomic E-state index is -0.0160. The highest BCUT2D eigenvalue weighted by molar-refractivity contribution is 5.91. The molecule has 1 saturated heterocycles. The van der Waals surface area contributed by atoms with E-state index in [0.717, 1.165) is 26.2 Å². The van der Waals surface area contributed by atoms with Crippen LogP contribution in [-0.4, -0.2) is 37.0 Å². The molecule has 0 radical (unpaired) electrons. The molecule has 3 rings (SSSR count). The quantitative estimate of drug-likeness (QED) is 0.827. The summed E-state index contributed by atoms with van der Waals surface area (Å²) >= 11 is 0. The highest BCUT2D eigenvalue weighted by atomic mass is 16.3. The van der Waals surface area contributed by atoms with Gasteiger partial charge in [-0.05, 0) is 24.3 Å². The number of para-hydroxylation sites is 1. The molecule has 1 amide bonds. The van der Waals surface area contributed by atoms with Gasteiger partial charge in [-0.25, -0.2) is 0 Å². The molecule has 0 bridgehead atoms. The van der Waals surface area contributed by atoms with Crippen LogP contribution in [0.4, 0.5) is 5.69 Å². The molecule has 2 heterocycles. The Morgan fingerprint density at radius 3 is 2.32 bits per heavy atom. The predicted molar refractivity (Wildman–Crippen MR) is 73.3 cm³/mol. The second kappa shape index (κ2) is 5.18. The number of furan rings is 1. The summed E-state index contributed by atoms with van der Waals surface area (Å²) in [5.74, 6) is 0.408. The Balaban J connectivity index is 1.62. The smallest absolute Gasteiger partial charge is 0.289 e. The van der Waals surface area contributed by atoms with E-state index in [1.165, 1.54) is 12.0 Å². The van der Waals surface area contributed by atoms with Gasteiger partial charge in [0, 0.05) is 31.9 Å². The van der Waals surface area contributed by atoms with Crippen LogP contribution < -0.4 is 4.90 Å². The maximum absolute atomic E-state index is 12.1. The molecule has 0 atom stereocenters. The number of piperazine rings is 1. The van der Waals surface area contributed by atoms with E-state index in [4.69, 9.17) is 4.42 Å². The number of hydrogen-bond donors (Lipinski definition) is 0. The van der Waals surface area contributed by atoms with Crippen molar-refractivity contribution in [2.75, 3.05) is 31.1 Å². The molecule has 2 aromatic rings. The summed E-state index contributed by atoms with van der Waals surface area (Å²) in [6.45, 7) is 3.18. The zero-order valence-electron chi connectivity index (χ0n) is 10.7. The molecule has 1 aliphatic rings. The molecule has 4 nitrogen and oxygen atoms in total. The monoisotopic (exact) mass is 256 g/mol. The lowest BCUT2D eigenvalue weighted by atomic mass is 10.2. The molecule has 4 heteroatoms. The summed E-state index contributed by atoms with van der Waals surface area (Å²) in [6.07, 6.45) is 1.54. The third-order valence-corrected chi connectivity index (χ3v) is 3.42. The van der Waals surface area contributed by atoms with E-state index in [1.54, 1.807) is 12.1 Å². The fourth-order valence-electron chi connectivity index (χ4n) is 2.36. The highest BCUT2D eigenvalue weighted by Gasteiger charge is 2.23. The summed E-state index contributed by atoms with van der Waals surface area (Å²) in [5, 5.41) is 0. The van der Waals surface area contributed by atoms with Gasteiger partial charge in [0.05, 0.1) is 6.26 Å². The van der Waals surface area contributed by atoms with Crippen LogP contribution in [0, 0.1) is 0 Å². The molecule has 0 saturated carbocycles. The van der Waals surface area contributed by atoms with Gasteiger partial charge in [-0.3, -0.25) is 4.79 Å². The fourth-order valence-corrected chi connectivity index (χ4v) is 2.36. The molecule has 1 aliphatic heterocycles. The first kappa shape index (κ1) is 11.8. The summed E-state index contributed by atoms with van der Waals surface area (Å²) in [6, 6.07) is 13.7. The van der Waals surface area contributed by atoms with E-state index < -0.39 is 0 Å². The van der Waals surface area contributed by atoms with Gasteiger partial charge >= 0.3 is 0 Å². The fraction of sp³-hybridized carbons (Fsp3) is 0.267. The van der Waals surface area contributed by atoms with Crippen molar-refractivity contribution in [2.45, 2.75) is 0 Å². The Morgan fingerprint density at radius 1 is 0.947 bits per heavy atom. The average molecular weight is 256 g/mol. The lowest BCUT2D eigenvalue weighted by molar-refractivity contribution is 0.0714. The molecule has 98 valence electrons. The van der Waals surface area contributed by atoms with E-state index >= 15 is 0 Å². The van der Waals surface area contributed by atoms with Crippen molar-refractivity contribution in [3.05, 3.63) is 54.5 Å². The number of benzene rings is 1. The normalized spacial score (nSPS) is 15.6. The van der Waals surface area contributed by atoms with E-state index in [-0.39, 0.29) is 5.91 Å². The topological polar surface area (TPSA) is 36.7 Å². The Morgan fingerprint density at radius 2 is 1.68 bits per heavy atom. The third kappa shape index (κ3) is 2.47. The standard InChI is InChI=1S/C15H16N2O2/c18-15(14-7-4-12-19-14)17-10-8-16(9-11-17)13-5-2-1-3-6-13/h1-7,12H,8-11H2. The van der Waals surface area contributed by atoms with Crippen molar-refractivity contribution in [3.8, 4) is 0 Å². The van der Waals surface area contributed by atoms with Crippen LogP contribution >= 0.6 is 0 Å². The summed E-state index contributed by atoms with van der Waals surface area (Å²) in [5.41, 5.74) is 1.22. The van der Waals surface area contributed by atoms with Crippen molar-refractivity contribution < 1.29 is 9.21 Å². The van der Waals surface area contributed by atoms with Crippen molar-refractivity contribution in [1.82, 2.24) is 4.90 Å². The number of hydrogen-bond acceptors (Lipinski definition) is 3. The Hall–Kier alpha value is -2.23. The average Bonchev–Trinajstić information content (AvgIpc) is 3.02. The highest BCUT2D eigenvalue weighted by Crippen LogP contribution is 2.16. The number of amides is 1. The molecular weight excluding hydrogens is 240 g/mol. The molecule has 1 aromatic heterocycles. The minimum absolute atomic E-state index is 0.0160. The lowest BCUT2D eigenvalue weighted by Gasteiger charge is -2.35. The third-order valence-electron chi connectivity index (χ3n) is 3.42. The molecule has 0 spiro atoms. The van der Waals surface area contributed by atoms with Gasteiger partial charge in [-0.2, -0.15) is 0 Å². The Bertz CT molecular complexity index is 529. The predicted octanol–water partition coefficient (Wildman–Crippen LogP) is 2.24. The summed E-state index contributed by atoms with van der Waals surface area (Å²) in [7, 11) is 0. The first-order valence-electron chi connectivity index (χ1n) is 6.47. The lowest BCUT2D eigenvalue weighted by Crippen LogP contribution is -2.48. The number of anilines is 1. The molecular formula is C15H16N2O2. The van der Waals surface area contributed by atoms with Crippen LogP contribution in [0.25, 0.3) is 0 Å². The van der Waals surface area contributed by atoms with E-state index in [2.05, 4.69) is 17.0 Å². The van der Waals surface area contributed by atoms with Gasteiger partial charge in [-0.1, -0.05) is 18.2 Å².